The van der Waals surface area contributed by atoms with Gasteiger partial charge in [0.25, 0.3) is 5.91 Å². The monoisotopic (exact) mass is 281 g/mol. The lowest BCUT2D eigenvalue weighted by molar-refractivity contribution is -0.123. The van der Waals surface area contributed by atoms with Crippen LogP contribution < -0.4 is 14.8 Å². The zero-order valence-corrected chi connectivity index (χ0v) is 12.3. The van der Waals surface area contributed by atoms with Gasteiger partial charge in [0.05, 0.1) is 13.2 Å². The molecular formula is C15H23NO4. The zero-order chi connectivity index (χ0) is 14.8. The number of para-hydroxylation sites is 2. The second-order valence-electron chi connectivity index (χ2n) is 4.56. The first kappa shape index (κ1) is 16.3. The fourth-order valence-electron chi connectivity index (χ4n) is 1.55. The van der Waals surface area contributed by atoms with Gasteiger partial charge in [-0.25, -0.2) is 0 Å². The zero-order valence-electron chi connectivity index (χ0n) is 12.3. The van der Waals surface area contributed by atoms with E-state index in [0.717, 1.165) is 6.42 Å². The first-order chi connectivity index (χ1) is 9.63. The molecule has 1 aromatic carbocycles. The maximum absolute atomic E-state index is 11.6. The predicted molar refractivity (Wildman–Crippen MR) is 77.2 cm³/mol. The Morgan fingerprint density at radius 2 is 1.95 bits per heavy atom. The second kappa shape index (κ2) is 9.20. The van der Waals surface area contributed by atoms with Crippen LogP contribution >= 0.6 is 0 Å². The van der Waals surface area contributed by atoms with Gasteiger partial charge in [0.1, 0.15) is 0 Å². The fraction of sp³-hybridized carbons (Fsp3) is 0.533. The van der Waals surface area contributed by atoms with Gasteiger partial charge in [0.2, 0.25) is 0 Å². The first-order valence-electron chi connectivity index (χ1n) is 6.77. The van der Waals surface area contributed by atoms with Gasteiger partial charge in [-0.1, -0.05) is 12.1 Å². The number of rotatable bonds is 9. The second-order valence-corrected chi connectivity index (χ2v) is 4.56. The van der Waals surface area contributed by atoms with Gasteiger partial charge >= 0.3 is 0 Å². The molecule has 0 saturated heterocycles. The molecule has 0 aliphatic rings. The number of methoxy groups -OCH3 is 1. The number of hydrogen-bond acceptors (Lipinski definition) is 4. The molecule has 1 N–H and O–H groups in total. The molecule has 5 heteroatoms. The van der Waals surface area contributed by atoms with E-state index in [0.29, 0.717) is 24.7 Å². The van der Waals surface area contributed by atoms with E-state index >= 15 is 0 Å². The van der Waals surface area contributed by atoms with Crippen LogP contribution in [0.1, 0.15) is 20.3 Å². The van der Waals surface area contributed by atoms with Crippen LogP contribution in [0.5, 0.6) is 11.5 Å². The molecule has 0 heterocycles. The van der Waals surface area contributed by atoms with Crippen molar-refractivity contribution in [3.05, 3.63) is 24.3 Å². The van der Waals surface area contributed by atoms with E-state index in [4.69, 9.17) is 14.2 Å². The topological polar surface area (TPSA) is 56.8 Å². The summed E-state index contributed by atoms with van der Waals surface area (Å²) < 4.78 is 15.9. The van der Waals surface area contributed by atoms with Gasteiger partial charge in [0, 0.05) is 13.2 Å². The minimum Gasteiger partial charge on any atom is -0.493 e. The normalized spacial score (nSPS) is 10.4. The minimum absolute atomic E-state index is 0.0224. The third-order valence-electron chi connectivity index (χ3n) is 2.52. The van der Waals surface area contributed by atoms with Crippen LogP contribution in [-0.4, -0.2) is 38.9 Å². The van der Waals surface area contributed by atoms with Crippen LogP contribution in [0.4, 0.5) is 0 Å². The van der Waals surface area contributed by atoms with Crippen molar-refractivity contribution >= 4 is 5.91 Å². The molecule has 5 nitrogen and oxygen atoms in total. The van der Waals surface area contributed by atoms with Crippen LogP contribution in [0.2, 0.25) is 0 Å². The van der Waals surface area contributed by atoms with E-state index in [-0.39, 0.29) is 18.6 Å². The SMILES string of the molecule is COc1ccccc1OCC(=O)NCCCOC(C)C. The molecular weight excluding hydrogens is 258 g/mol. The molecule has 0 fully saturated rings. The molecule has 0 aliphatic heterocycles. The van der Waals surface area contributed by atoms with Gasteiger partial charge < -0.3 is 19.5 Å². The third-order valence-corrected chi connectivity index (χ3v) is 2.52. The molecule has 20 heavy (non-hydrogen) atoms. The Labute approximate surface area is 120 Å². The Balaban J connectivity index is 2.19. The number of carbonyl (C=O) groups is 1. The van der Waals surface area contributed by atoms with E-state index in [1.165, 1.54) is 0 Å². The average Bonchev–Trinajstić information content (AvgIpc) is 2.44. The molecule has 0 bridgehead atoms. The first-order valence-corrected chi connectivity index (χ1v) is 6.77. The van der Waals surface area contributed by atoms with Crippen molar-refractivity contribution in [1.29, 1.82) is 0 Å². The summed E-state index contributed by atoms with van der Waals surface area (Å²) in [6.45, 7) is 5.18. The summed E-state index contributed by atoms with van der Waals surface area (Å²) in [7, 11) is 1.57. The Kier molecular flexibility index (Phi) is 7.50. The van der Waals surface area contributed by atoms with E-state index in [1.54, 1.807) is 19.2 Å². The lowest BCUT2D eigenvalue weighted by atomic mass is 10.3. The molecule has 0 spiro atoms. The molecule has 0 aromatic heterocycles. The summed E-state index contributed by atoms with van der Waals surface area (Å²) in [4.78, 5) is 11.6. The predicted octanol–water partition coefficient (Wildman–Crippen LogP) is 2.01. The summed E-state index contributed by atoms with van der Waals surface area (Å²) in [5.74, 6) is 1.03. The highest BCUT2D eigenvalue weighted by Gasteiger charge is 2.06. The number of nitrogens with one attached hydrogen (secondary N) is 1. The quantitative estimate of drug-likeness (QED) is 0.703. The third kappa shape index (κ3) is 6.43. The van der Waals surface area contributed by atoms with Gasteiger partial charge in [-0.15, -0.1) is 0 Å². The van der Waals surface area contributed by atoms with Gasteiger partial charge in [-0.2, -0.15) is 0 Å². The molecule has 0 radical (unpaired) electrons. The highest BCUT2D eigenvalue weighted by molar-refractivity contribution is 5.77. The Hall–Kier alpha value is -1.75. The average molecular weight is 281 g/mol. The molecule has 0 aliphatic carbocycles. The number of benzene rings is 1. The molecule has 1 rings (SSSR count). The van der Waals surface area contributed by atoms with Crippen molar-refractivity contribution in [2.45, 2.75) is 26.4 Å². The molecule has 0 atom stereocenters. The smallest absolute Gasteiger partial charge is 0.257 e. The fourth-order valence-corrected chi connectivity index (χ4v) is 1.55. The highest BCUT2D eigenvalue weighted by atomic mass is 16.5. The van der Waals surface area contributed by atoms with Gasteiger partial charge in [-0.05, 0) is 32.4 Å². The van der Waals surface area contributed by atoms with Crippen molar-refractivity contribution in [3.8, 4) is 11.5 Å². The molecule has 1 amide bonds. The summed E-state index contributed by atoms with van der Waals surface area (Å²) in [6, 6.07) is 7.23. The Bertz CT molecular complexity index is 407. The van der Waals surface area contributed by atoms with Crippen LogP contribution in [0.15, 0.2) is 24.3 Å². The van der Waals surface area contributed by atoms with Crippen LogP contribution in [0, 0.1) is 0 Å². The number of carbonyl (C=O) groups excluding carboxylic acids is 1. The van der Waals surface area contributed by atoms with E-state index < -0.39 is 0 Å². The lowest BCUT2D eigenvalue weighted by Crippen LogP contribution is -2.30. The molecule has 0 unspecified atom stereocenters. The number of ether oxygens (including phenoxy) is 3. The van der Waals surface area contributed by atoms with Crippen molar-refractivity contribution in [1.82, 2.24) is 5.32 Å². The summed E-state index contributed by atoms with van der Waals surface area (Å²) in [6.07, 6.45) is 1.01. The van der Waals surface area contributed by atoms with Crippen molar-refractivity contribution < 1.29 is 19.0 Å². The molecule has 1 aromatic rings. The van der Waals surface area contributed by atoms with Crippen molar-refractivity contribution in [2.75, 3.05) is 26.9 Å². The van der Waals surface area contributed by atoms with Crippen LogP contribution in [-0.2, 0) is 9.53 Å². The van der Waals surface area contributed by atoms with E-state index in [2.05, 4.69) is 5.32 Å². The Morgan fingerprint density at radius 3 is 2.60 bits per heavy atom. The van der Waals surface area contributed by atoms with Crippen molar-refractivity contribution in [3.63, 3.8) is 0 Å². The Morgan fingerprint density at radius 1 is 1.25 bits per heavy atom. The largest absolute Gasteiger partial charge is 0.493 e. The van der Waals surface area contributed by atoms with Crippen LogP contribution in [0.3, 0.4) is 0 Å². The van der Waals surface area contributed by atoms with Gasteiger partial charge in [0.15, 0.2) is 18.1 Å². The lowest BCUT2D eigenvalue weighted by Gasteiger charge is -2.11. The van der Waals surface area contributed by atoms with E-state index in [9.17, 15) is 4.79 Å². The van der Waals surface area contributed by atoms with Crippen LogP contribution in [0.25, 0.3) is 0 Å². The summed E-state index contributed by atoms with van der Waals surface area (Å²) >= 11 is 0. The summed E-state index contributed by atoms with van der Waals surface area (Å²) in [5.41, 5.74) is 0. The van der Waals surface area contributed by atoms with E-state index in [1.807, 2.05) is 26.0 Å². The van der Waals surface area contributed by atoms with Gasteiger partial charge in [-0.3, -0.25) is 4.79 Å². The maximum atomic E-state index is 11.6. The van der Waals surface area contributed by atoms with Crippen molar-refractivity contribution in [2.24, 2.45) is 0 Å². The standard InChI is InChI=1S/C15H23NO4/c1-12(2)19-10-6-9-16-15(17)11-20-14-8-5-4-7-13(14)18-3/h4-5,7-8,12H,6,9-11H2,1-3H3,(H,16,17). The highest BCUT2D eigenvalue weighted by Crippen LogP contribution is 2.25. The number of amides is 1. The molecule has 0 saturated carbocycles. The number of hydrogen-bond donors (Lipinski definition) is 1. The minimum atomic E-state index is -0.152. The summed E-state index contributed by atoms with van der Waals surface area (Å²) in [5, 5.41) is 2.78. The maximum Gasteiger partial charge on any atom is 0.257 e. The molecule has 112 valence electrons.